The van der Waals surface area contributed by atoms with Crippen molar-refractivity contribution in [2.45, 2.75) is 50.4 Å². The zero-order valence-corrected chi connectivity index (χ0v) is 11.8. The zero-order chi connectivity index (χ0) is 13.5. The van der Waals surface area contributed by atoms with E-state index in [2.05, 4.69) is 24.3 Å². The van der Waals surface area contributed by atoms with Gasteiger partial charge in [0, 0.05) is 12.0 Å². The average molecular weight is 261 g/mol. The molecule has 0 amide bonds. The smallest absolute Gasteiger partial charge is 0.163 e. The van der Waals surface area contributed by atoms with Gasteiger partial charge >= 0.3 is 0 Å². The van der Waals surface area contributed by atoms with Crippen LogP contribution in [-0.2, 0) is 14.9 Å². The normalized spacial score (nSPS) is 28.1. The summed E-state index contributed by atoms with van der Waals surface area (Å²) >= 11 is 0. The molecule has 104 valence electrons. The molecule has 1 unspecified atom stereocenters. The molecule has 1 atom stereocenters. The van der Waals surface area contributed by atoms with Crippen LogP contribution in [0, 0.1) is 0 Å². The summed E-state index contributed by atoms with van der Waals surface area (Å²) < 4.78 is 11.5. The third-order valence-electron chi connectivity index (χ3n) is 4.60. The Morgan fingerprint density at radius 3 is 2.32 bits per heavy atom. The van der Waals surface area contributed by atoms with Gasteiger partial charge in [0.25, 0.3) is 0 Å². The van der Waals surface area contributed by atoms with Gasteiger partial charge in [-0.3, -0.25) is 0 Å². The van der Waals surface area contributed by atoms with Crippen LogP contribution in [0.4, 0.5) is 0 Å². The highest BCUT2D eigenvalue weighted by Crippen LogP contribution is 2.43. The van der Waals surface area contributed by atoms with Crippen LogP contribution < -0.4 is 5.73 Å². The summed E-state index contributed by atoms with van der Waals surface area (Å²) in [4.78, 5) is 0. The maximum Gasteiger partial charge on any atom is 0.163 e. The topological polar surface area (TPSA) is 44.5 Å². The second-order valence-electron chi connectivity index (χ2n) is 6.28. The lowest BCUT2D eigenvalue weighted by Crippen LogP contribution is -2.41. The summed E-state index contributed by atoms with van der Waals surface area (Å²) in [6.45, 7) is 5.30. The predicted molar refractivity (Wildman–Crippen MR) is 74.9 cm³/mol. The Bertz CT molecular complexity index is 443. The number of benzene rings is 1. The lowest BCUT2D eigenvalue weighted by atomic mass is 9.64. The van der Waals surface area contributed by atoms with Gasteiger partial charge in [-0.1, -0.05) is 30.7 Å². The molecule has 19 heavy (non-hydrogen) atoms. The van der Waals surface area contributed by atoms with E-state index in [1.807, 2.05) is 13.8 Å². The molecule has 0 aromatic heterocycles. The van der Waals surface area contributed by atoms with Crippen molar-refractivity contribution in [3.8, 4) is 0 Å². The van der Waals surface area contributed by atoms with E-state index in [1.54, 1.807) is 0 Å². The summed E-state index contributed by atoms with van der Waals surface area (Å²) in [5.41, 5.74) is 8.77. The van der Waals surface area contributed by atoms with Gasteiger partial charge in [-0.15, -0.1) is 0 Å². The highest BCUT2D eigenvalue weighted by atomic mass is 16.7. The maximum absolute atomic E-state index is 5.95. The quantitative estimate of drug-likeness (QED) is 0.910. The molecule has 2 N–H and O–H groups in total. The highest BCUT2D eigenvalue weighted by molar-refractivity contribution is 5.32. The van der Waals surface area contributed by atoms with Crippen molar-refractivity contribution in [2.24, 2.45) is 5.73 Å². The van der Waals surface area contributed by atoms with E-state index in [0.29, 0.717) is 6.61 Å². The molecule has 1 aromatic rings. The van der Waals surface area contributed by atoms with Gasteiger partial charge in [-0.2, -0.15) is 0 Å². The summed E-state index contributed by atoms with van der Waals surface area (Å²) in [5, 5.41) is 0. The van der Waals surface area contributed by atoms with Crippen LogP contribution in [0.5, 0.6) is 0 Å². The molecule has 0 radical (unpaired) electrons. The molecule has 1 heterocycles. The molecular formula is C16H23NO2. The van der Waals surface area contributed by atoms with Gasteiger partial charge in [-0.25, -0.2) is 0 Å². The minimum absolute atomic E-state index is 0.0549. The first kappa shape index (κ1) is 13.1. The molecule has 0 bridgehead atoms. The fourth-order valence-corrected chi connectivity index (χ4v) is 3.12. The first-order valence-electron chi connectivity index (χ1n) is 7.17. The van der Waals surface area contributed by atoms with Crippen molar-refractivity contribution >= 4 is 0 Å². The molecule has 1 saturated heterocycles. The fourth-order valence-electron chi connectivity index (χ4n) is 3.12. The number of rotatable bonds is 3. The van der Waals surface area contributed by atoms with Crippen LogP contribution in [0.15, 0.2) is 24.3 Å². The van der Waals surface area contributed by atoms with Crippen LogP contribution in [0.3, 0.4) is 0 Å². The zero-order valence-electron chi connectivity index (χ0n) is 11.8. The Labute approximate surface area is 115 Å². The monoisotopic (exact) mass is 261 g/mol. The molecule has 2 aliphatic rings. The van der Waals surface area contributed by atoms with Gasteiger partial charge in [0.15, 0.2) is 5.79 Å². The summed E-state index contributed by atoms with van der Waals surface area (Å²) in [6, 6.07) is 8.77. The van der Waals surface area contributed by atoms with Gasteiger partial charge in [0.2, 0.25) is 0 Å². The van der Waals surface area contributed by atoms with Crippen molar-refractivity contribution in [2.75, 3.05) is 13.2 Å². The summed E-state index contributed by atoms with van der Waals surface area (Å²) in [7, 11) is 0. The average Bonchev–Trinajstić information content (AvgIpc) is 2.70. The minimum atomic E-state index is -0.463. The number of nitrogens with two attached hydrogens (primary N) is 1. The largest absolute Gasteiger partial charge is 0.347 e. The molecule has 2 fully saturated rings. The first-order valence-corrected chi connectivity index (χ1v) is 7.17. The third kappa shape index (κ3) is 2.31. The molecule has 1 saturated carbocycles. The van der Waals surface area contributed by atoms with Gasteiger partial charge in [0.05, 0.1) is 6.61 Å². The van der Waals surface area contributed by atoms with Crippen LogP contribution in [0.1, 0.15) is 50.3 Å². The molecule has 0 spiro atoms. The lowest BCUT2D eigenvalue weighted by Gasteiger charge is -2.41. The van der Waals surface area contributed by atoms with E-state index in [9.17, 15) is 0 Å². The Kier molecular flexibility index (Phi) is 3.16. The van der Waals surface area contributed by atoms with Crippen LogP contribution >= 0.6 is 0 Å². The maximum atomic E-state index is 5.95. The first-order chi connectivity index (χ1) is 9.05. The van der Waals surface area contributed by atoms with Crippen LogP contribution in [0.25, 0.3) is 0 Å². The Hall–Kier alpha value is -0.900. The van der Waals surface area contributed by atoms with Crippen molar-refractivity contribution in [1.82, 2.24) is 0 Å². The molecular weight excluding hydrogens is 238 g/mol. The highest BCUT2D eigenvalue weighted by Gasteiger charge is 2.38. The predicted octanol–water partition coefficient (Wildman–Crippen LogP) is 2.89. The second-order valence-corrected chi connectivity index (χ2v) is 6.28. The Morgan fingerprint density at radius 1 is 1.21 bits per heavy atom. The van der Waals surface area contributed by atoms with E-state index in [4.69, 9.17) is 15.2 Å². The van der Waals surface area contributed by atoms with Crippen molar-refractivity contribution < 1.29 is 9.47 Å². The van der Waals surface area contributed by atoms with E-state index in [1.165, 1.54) is 30.4 Å². The fraction of sp³-hybridized carbons (Fsp3) is 0.625. The Balaban J connectivity index is 1.76. The van der Waals surface area contributed by atoms with E-state index in [0.717, 1.165) is 6.54 Å². The second kappa shape index (κ2) is 4.58. The van der Waals surface area contributed by atoms with Gasteiger partial charge in [-0.05, 0) is 37.8 Å². The minimum Gasteiger partial charge on any atom is -0.347 e. The lowest BCUT2D eigenvalue weighted by molar-refractivity contribution is -0.139. The van der Waals surface area contributed by atoms with Gasteiger partial charge < -0.3 is 15.2 Å². The molecule has 3 heteroatoms. The van der Waals surface area contributed by atoms with Crippen molar-refractivity contribution in [1.29, 1.82) is 0 Å². The molecule has 1 aromatic carbocycles. The van der Waals surface area contributed by atoms with Crippen LogP contribution in [-0.4, -0.2) is 18.9 Å². The van der Waals surface area contributed by atoms with E-state index >= 15 is 0 Å². The molecule has 3 rings (SSSR count). The number of hydrogen-bond acceptors (Lipinski definition) is 3. The Morgan fingerprint density at radius 2 is 1.89 bits per heavy atom. The summed E-state index contributed by atoms with van der Waals surface area (Å²) in [6.07, 6.45) is 3.80. The van der Waals surface area contributed by atoms with E-state index in [-0.39, 0.29) is 11.5 Å². The van der Waals surface area contributed by atoms with Crippen LogP contribution in [0.2, 0.25) is 0 Å². The van der Waals surface area contributed by atoms with Crippen molar-refractivity contribution in [3.63, 3.8) is 0 Å². The number of hydrogen-bond donors (Lipinski definition) is 1. The van der Waals surface area contributed by atoms with E-state index < -0.39 is 5.79 Å². The third-order valence-corrected chi connectivity index (χ3v) is 4.60. The molecule has 3 nitrogen and oxygen atoms in total. The van der Waals surface area contributed by atoms with Gasteiger partial charge in [0.1, 0.15) is 6.10 Å². The molecule has 1 aliphatic carbocycles. The van der Waals surface area contributed by atoms with Crippen molar-refractivity contribution in [3.05, 3.63) is 35.4 Å². The molecule has 1 aliphatic heterocycles. The number of ether oxygens (including phenoxy) is 2. The standard InChI is InChI=1S/C16H23NO2/c1-15(2)18-10-14(19-15)12-4-6-13(7-5-12)16(11-17)8-3-9-16/h4-7,14H,3,8-11,17H2,1-2H3. The summed E-state index contributed by atoms with van der Waals surface area (Å²) in [5.74, 6) is -0.463. The SMILES string of the molecule is CC1(C)OCC(c2ccc(C3(CN)CCC3)cc2)O1.